The predicted octanol–water partition coefficient (Wildman–Crippen LogP) is 0.0668. The van der Waals surface area contributed by atoms with Crippen LogP contribution in [0.3, 0.4) is 0 Å². The molecule has 0 aliphatic carbocycles. The second-order valence-electron chi connectivity index (χ2n) is 5.21. The third-order valence-corrected chi connectivity index (χ3v) is 3.96. The van der Waals surface area contributed by atoms with E-state index < -0.39 is 0 Å². The molecule has 18 heavy (non-hydrogen) atoms. The molecule has 0 spiro atoms. The van der Waals surface area contributed by atoms with Crippen LogP contribution in [0.4, 0.5) is 0 Å². The Morgan fingerprint density at radius 3 is 2.61 bits per heavy atom. The number of amides is 2. The van der Waals surface area contributed by atoms with Gasteiger partial charge in [-0.1, -0.05) is 13.3 Å². The van der Waals surface area contributed by atoms with Gasteiger partial charge >= 0.3 is 11.8 Å². The maximum Gasteiger partial charge on any atom is 0.312 e. The van der Waals surface area contributed by atoms with Crippen LogP contribution < -0.4 is 5.32 Å². The van der Waals surface area contributed by atoms with Crippen molar-refractivity contribution in [2.24, 2.45) is 5.92 Å². The number of carbonyl (C=O) groups is 2. The van der Waals surface area contributed by atoms with Crippen molar-refractivity contribution in [2.75, 3.05) is 39.3 Å². The van der Waals surface area contributed by atoms with E-state index in [1.165, 1.54) is 0 Å². The molecular weight excluding hydrogens is 230 g/mol. The Bertz CT molecular complexity index is 311. The molecular formula is C13H23N3O2. The van der Waals surface area contributed by atoms with Crippen molar-refractivity contribution in [1.82, 2.24) is 15.1 Å². The molecule has 0 bridgehead atoms. The monoisotopic (exact) mass is 253 g/mol. The predicted molar refractivity (Wildman–Crippen MR) is 69.0 cm³/mol. The highest BCUT2D eigenvalue weighted by Gasteiger charge is 2.31. The quantitative estimate of drug-likeness (QED) is 0.673. The summed E-state index contributed by atoms with van der Waals surface area (Å²) in [4.78, 5) is 27.7. The molecule has 2 fully saturated rings. The van der Waals surface area contributed by atoms with E-state index in [0.717, 1.165) is 45.4 Å². The van der Waals surface area contributed by atoms with Gasteiger partial charge in [-0.2, -0.15) is 0 Å². The summed E-state index contributed by atoms with van der Waals surface area (Å²) in [5.74, 6) is -0.0316. The summed E-state index contributed by atoms with van der Waals surface area (Å²) in [6, 6.07) is 0. The highest BCUT2D eigenvalue weighted by atomic mass is 16.2. The molecule has 5 nitrogen and oxygen atoms in total. The molecule has 0 radical (unpaired) electrons. The van der Waals surface area contributed by atoms with Crippen molar-refractivity contribution in [3.8, 4) is 0 Å². The molecule has 0 aromatic heterocycles. The first-order valence-electron chi connectivity index (χ1n) is 7.01. The minimum absolute atomic E-state index is 0.298. The minimum Gasteiger partial charge on any atom is -0.334 e. The van der Waals surface area contributed by atoms with E-state index in [-0.39, 0.29) is 11.8 Å². The lowest BCUT2D eigenvalue weighted by Gasteiger charge is -2.23. The fraction of sp³-hybridized carbons (Fsp3) is 0.846. The zero-order chi connectivity index (χ0) is 13.0. The number of hydrogen-bond acceptors (Lipinski definition) is 3. The van der Waals surface area contributed by atoms with E-state index >= 15 is 0 Å². The van der Waals surface area contributed by atoms with Crippen LogP contribution in [0.5, 0.6) is 0 Å². The normalized spacial score (nSPS) is 25.1. The van der Waals surface area contributed by atoms with Gasteiger partial charge in [0.05, 0.1) is 0 Å². The first-order valence-corrected chi connectivity index (χ1v) is 7.01. The molecule has 5 heteroatoms. The van der Waals surface area contributed by atoms with Crippen molar-refractivity contribution in [3.63, 3.8) is 0 Å². The number of likely N-dealkylation sites (tertiary alicyclic amines) is 1. The van der Waals surface area contributed by atoms with Crippen molar-refractivity contribution in [1.29, 1.82) is 0 Å². The Morgan fingerprint density at radius 2 is 1.89 bits per heavy atom. The van der Waals surface area contributed by atoms with E-state index in [0.29, 0.717) is 19.0 Å². The summed E-state index contributed by atoms with van der Waals surface area (Å²) < 4.78 is 0. The summed E-state index contributed by atoms with van der Waals surface area (Å²) in [5, 5.41) is 3.24. The lowest BCUT2D eigenvalue weighted by atomic mass is 10.1. The molecule has 0 aromatic rings. The van der Waals surface area contributed by atoms with Crippen LogP contribution >= 0.6 is 0 Å². The molecule has 1 atom stereocenters. The molecule has 2 aliphatic rings. The number of carbonyl (C=O) groups excluding carboxylic acids is 2. The van der Waals surface area contributed by atoms with E-state index in [9.17, 15) is 9.59 Å². The largest absolute Gasteiger partial charge is 0.334 e. The molecule has 1 unspecified atom stereocenters. The van der Waals surface area contributed by atoms with Gasteiger partial charge in [-0.25, -0.2) is 0 Å². The zero-order valence-electron chi connectivity index (χ0n) is 11.2. The van der Waals surface area contributed by atoms with Gasteiger partial charge < -0.3 is 15.1 Å². The van der Waals surface area contributed by atoms with Crippen molar-refractivity contribution >= 4 is 11.8 Å². The van der Waals surface area contributed by atoms with E-state index in [1.807, 2.05) is 0 Å². The highest BCUT2D eigenvalue weighted by Crippen LogP contribution is 2.19. The standard InChI is InChI=1S/C13H23N3O2/c1-2-11-4-8-16(10-11)13(18)12(17)15-7-3-5-14-6-9-15/h11,14H,2-10H2,1H3. The summed E-state index contributed by atoms with van der Waals surface area (Å²) >= 11 is 0. The third-order valence-electron chi connectivity index (χ3n) is 3.96. The average Bonchev–Trinajstić information content (AvgIpc) is 2.71. The van der Waals surface area contributed by atoms with Crippen LogP contribution in [0.2, 0.25) is 0 Å². The van der Waals surface area contributed by atoms with E-state index in [4.69, 9.17) is 0 Å². The van der Waals surface area contributed by atoms with E-state index in [2.05, 4.69) is 12.2 Å². The first-order chi connectivity index (χ1) is 8.72. The van der Waals surface area contributed by atoms with Gasteiger partial charge in [0.1, 0.15) is 0 Å². The van der Waals surface area contributed by atoms with Crippen LogP contribution in [-0.2, 0) is 9.59 Å². The molecule has 2 amide bonds. The first kappa shape index (κ1) is 13.3. The lowest BCUT2D eigenvalue weighted by molar-refractivity contribution is -0.151. The van der Waals surface area contributed by atoms with Crippen LogP contribution in [0.25, 0.3) is 0 Å². The Labute approximate surface area is 108 Å². The van der Waals surface area contributed by atoms with Crippen LogP contribution in [0.15, 0.2) is 0 Å². The molecule has 102 valence electrons. The van der Waals surface area contributed by atoms with Gasteiger partial charge in [0.15, 0.2) is 0 Å². The van der Waals surface area contributed by atoms with Gasteiger partial charge in [0, 0.05) is 32.7 Å². The minimum atomic E-state index is -0.310. The second kappa shape index (κ2) is 6.18. The Kier molecular flexibility index (Phi) is 4.58. The summed E-state index contributed by atoms with van der Waals surface area (Å²) in [5.41, 5.74) is 0. The van der Waals surface area contributed by atoms with Crippen molar-refractivity contribution in [2.45, 2.75) is 26.2 Å². The van der Waals surface area contributed by atoms with Crippen LogP contribution in [-0.4, -0.2) is 60.9 Å². The van der Waals surface area contributed by atoms with Gasteiger partial charge in [-0.3, -0.25) is 9.59 Å². The summed E-state index contributed by atoms with van der Waals surface area (Å²) in [6.07, 6.45) is 3.05. The fourth-order valence-corrected chi connectivity index (χ4v) is 2.67. The number of rotatable bonds is 1. The fourth-order valence-electron chi connectivity index (χ4n) is 2.67. The Balaban J connectivity index is 1.89. The molecule has 2 aliphatic heterocycles. The van der Waals surface area contributed by atoms with Gasteiger partial charge in [0.25, 0.3) is 0 Å². The number of nitrogens with one attached hydrogen (secondary N) is 1. The summed E-state index contributed by atoms with van der Waals surface area (Å²) in [6.45, 7) is 6.71. The molecule has 1 N–H and O–H groups in total. The lowest BCUT2D eigenvalue weighted by Crippen LogP contribution is -2.45. The maximum atomic E-state index is 12.1. The average molecular weight is 253 g/mol. The number of nitrogens with zero attached hydrogens (tertiary/aromatic N) is 2. The van der Waals surface area contributed by atoms with E-state index in [1.54, 1.807) is 9.80 Å². The van der Waals surface area contributed by atoms with Crippen LogP contribution in [0.1, 0.15) is 26.2 Å². The second-order valence-corrected chi connectivity index (χ2v) is 5.21. The zero-order valence-corrected chi connectivity index (χ0v) is 11.2. The topological polar surface area (TPSA) is 52.7 Å². The molecule has 0 saturated carbocycles. The number of hydrogen-bond donors (Lipinski definition) is 1. The van der Waals surface area contributed by atoms with Gasteiger partial charge in [-0.15, -0.1) is 0 Å². The molecule has 2 rings (SSSR count). The third kappa shape index (κ3) is 3.02. The Morgan fingerprint density at radius 1 is 1.11 bits per heavy atom. The van der Waals surface area contributed by atoms with Crippen molar-refractivity contribution < 1.29 is 9.59 Å². The smallest absolute Gasteiger partial charge is 0.312 e. The molecule has 0 aromatic carbocycles. The maximum absolute atomic E-state index is 12.1. The summed E-state index contributed by atoms with van der Waals surface area (Å²) in [7, 11) is 0. The van der Waals surface area contributed by atoms with Crippen LogP contribution in [0, 0.1) is 5.92 Å². The highest BCUT2D eigenvalue weighted by molar-refractivity contribution is 6.34. The molecule has 2 saturated heterocycles. The van der Waals surface area contributed by atoms with Gasteiger partial charge in [-0.05, 0) is 25.3 Å². The SMILES string of the molecule is CCC1CCN(C(=O)C(=O)N2CCCNCC2)C1. The van der Waals surface area contributed by atoms with Gasteiger partial charge in [0.2, 0.25) is 0 Å². The Hall–Kier alpha value is -1.10. The van der Waals surface area contributed by atoms with Crippen molar-refractivity contribution in [3.05, 3.63) is 0 Å². The molecule has 2 heterocycles.